The first kappa shape index (κ1) is 48.8. The molecule has 0 aromatic carbocycles. The standard InChI is InChI=1S/C43H79NO7/c1-6-8-10-12-14-15-16-17-18-19-20-21-22-23-24-25-26-28-29-31-33-41(45)50-38-39(37-49-36-35-40(43(47)48)44(3,4)5)51-42(46)34-32-30-27-13-11-9-7-2/h20-21,27,30,39-40H,6-19,22-26,28-29,31-38H2,1-5H3/p+1/b21-20+,30-27+. The summed E-state index contributed by atoms with van der Waals surface area (Å²) in [5, 5.41) is 9.57. The second-order valence-corrected chi connectivity index (χ2v) is 15.2. The highest BCUT2D eigenvalue weighted by atomic mass is 16.6. The van der Waals surface area contributed by atoms with Gasteiger partial charge in [-0.3, -0.25) is 9.59 Å². The Morgan fingerprint density at radius 3 is 1.53 bits per heavy atom. The number of ether oxygens (including phenoxy) is 3. The monoisotopic (exact) mass is 723 g/mol. The molecule has 2 unspecified atom stereocenters. The zero-order chi connectivity index (χ0) is 37.8. The molecule has 0 spiro atoms. The van der Waals surface area contributed by atoms with E-state index in [1.54, 1.807) is 0 Å². The van der Waals surface area contributed by atoms with Gasteiger partial charge in [0.15, 0.2) is 12.1 Å². The molecular formula is C43H80NO7+. The lowest BCUT2D eigenvalue weighted by atomic mass is 10.1. The number of carbonyl (C=O) groups excluding carboxylic acids is 2. The molecule has 0 saturated heterocycles. The van der Waals surface area contributed by atoms with Gasteiger partial charge >= 0.3 is 17.9 Å². The van der Waals surface area contributed by atoms with Gasteiger partial charge in [0.05, 0.1) is 34.4 Å². The molecule has 0 aliphatic heterocycles. The van der Waals surface area contributed by atoms with E-state index in [-0.39, 0.29) is 42.7 Å². The summed E-state index contributed by atoms with van der Waals surface area (Å²) in [6.07, 6.45) is 36.9. The highest BCUT2D eigenvalue weighted by Crippen LogP contribution is 2.14. The highest BCUT2D eigenvalue weighted by molar-refractivity contribution is 5.72. The van der Waals surface area contributed by atoms with Gasteiger partial charge in [-0.05, 0) is 51.4 Å². The summed E-state index contributed by atoms with van der Waals surface area (Å²) in [5.41, 5.74) is 0. The maximum absolute atomic E-state index is 12.5. The van der Waals surface area contributed by atoms with E-state index in [1.165, 1.54) is 109 Å². The molecule has 0 aliphatic rings. The number of carboxylic acid groups (broad SMARTS) is 1. The van der Waals surface area contributed by atoms with Gasteiger partial charge in [-0.1, -0.05) is 134 Å². The third-order valence-corrected chi connectivity index (χ3v) is 9.34. The topological polar surface area (TPSA) is 99.1 Å². The third-order valence-electron chi connectivity index (χ3n) is 9.34. The molecular weight excluding hydrogens is 642 g/mol. The minimum absolute atomic E-state index is 0.0461. The largest absolute Gasteiger partial charge is 0.477 e. The molecule has 0 aromatic rings. The van der Waals surface area contributed by atoms with E-state index >= 15 is 0 Å². The van der Waals surface area contributed by atoms with Gasteiger partial charge in [0.2, 0.25) is 0 Å². The predicted octanol–water partition coefficient (Wildman–Crippen LogP) is 10.9. The lowest BCUT2D eigenvalue weighted by Crippen LogP contribution is -2.50. The van der Waals surface area contributed by atoms with Crippen LogP contribution in [-0.4, -0.2) is 80.6 Å². The molecule has 0 radical (unpaired) electrons. The molecule has 0 rings (SSSR count). The lowest BCUT2D eigenvalue weighted by Gasteiger charge is -2.31. The quantitative estimate of drug-likeness (QED) is 0.0295. The molecule has 8 nitrogen and oxygen atoms in total. The minimum atomic E-state index is -0.881. The molecule has 0 aliphatic carbocycles. The van der Waals surface area contributed by atoms with Gasteiger partial charge < -0.3 is 23.8 Å². The van der Waals surface area contributed by atoms with Crippen molar-refractivity contribution in [3.8, 4) is 0 Å². The fourth-order valence-corrected chi connectivity index (χ4v) is 6.04. The summed E-state index contributed by atoms with van der Waals surface area (Å²) in [6, 6.07) is -0.617. The van der Waals surface area contributed by atoms with E-state index in [1.807, 2.05) is 27.2 Å². The van der Waals surface area contributed by atoms with Gasteiger partial charge in [0, 0.05) is 19.3 Å². The van der Waals surface area contributed by atoms with Crippen molar-refractivity contribution in [3.63, 3.8) is 0 Å². The van der Waals surface area contributed by atoms with Crippen molar-refractivity contribution in [2.75, 3.05) is 41.0 Å². The van der Waals surface area contributed by atoms with Crippen molar-refractivity contribution in [1.29, 1.82) is 0 Å². The van der Waals surface area contributed by atoms with E-state index in [4.69, 9.17) is 14.2 Å². The maximum atomic E-state index is 12.5. The number of unbranched alkanes of at least 4 members (excludes halogenated alkanes) is 19. The van der Waals surface area contributed by atoms with Crippen molar-refractivity contribution < 1.29 is 38.2 Å². The zero-order valence-corrected chi connectivity index (χ0v) is 33.8. The molecule has 51 heavy (non-hydrogen) atoms. The number of rotatable bonds is 37. The Kier molecular flexibility index (Phi) is 33.4. The predicted molar refractivity (Wildman–Crippen MR) is 211 cm³/mol. The number of aliphatic carboxylic acids is 1. The normalized spacial score (nSPS) is 13.2. The third kappa shape index (κ3) is 33.4. The number of carbonyl (C=O) groups is 3. The summed E-state index contributed by atoms with van der Waals surface area (Å²) in [7, 11) is 5.50. The molecule has 2 atom stereocenters. The van der Waals surface area contributed by atoms with Crippen molar-refractivity contribution in [2.45, 2.75) is 193 Å². The summed E-state index contributed by atoms with van der Waals surface area (Å²) >= 11 is 0. The van der Waals surface area contributed by atoms with Crippen molar-refractivity contribution in [1.82, 2.24) is 0 Å². The Labute approximate surface area is 313 Å². The summed E-state index contributed by atoms with van der Waals surface area (Å²) < 4.78 is 17.1. The van der Waals surface area contributed by atoms with Crippen LogP contribution >= 0.6 is 0 Å². The molecule has 0 bridgehead atoms. The number of hydrogen-bond acceptors (Lipinski definition) is 6. The Hall–Kier alpha value is -2.19. The molecule has 1 N–H and O–H groups in total. The van der Waals surface area contributed by atoms with Crippen LogP contribution in [-0.2, 0) is 28.6 Å². The smallest absolute Gasteiger partial charge is 0.362 e. The number of hydrogen-bond donors (Lipinski definition) is 1. The summed E-state index contributed by atoms with van der Waals surface area (Å²) in [5.74, 6) is -1.54. The first-order valence-electron chi connectivity index (χ1n) is 20.9. The Bertz CT molecular complexity index is 895. The minimum Gasteiger partial charge on any atom is -0.477 e. The molecule has 0 aromatic heterocycles. The van der Waals surface area contributed by atoms with Crippen molar-refractivity contribution in [2.24, 2.45) is 0 Å². The molecule has 0 heterocycles. The molecule has 8 heteroatoms. The van der Waals surface area contributed by atoms with Crippen LogP contribution < -0.4 is 0 Å². The number of likely N-dealkylation sites (N-methyl/N-ethyl adjacent to an activating group) is 1. The van der Waals surface area contributed by atoms with Crippen molar-refractivity contribution >= 4 is 17.9 Å². The Balaban J connectivity index is 4.20. The van der Waals surface area contributed by atoms with Gasteiger partial charge in [-0.25, -0.2) is 4.79 Å². The van der Waals surface area contributed by atoms with Crippen LogP contribution in [0.1, 0.15) is 181 Å². The van der Waals surface area contributed by atoms with E-state index in [9.17, 15) is 19.5 Å². The van der Waals surface area contributed by atoms with Gasteiger partial charge in [-0.15, -0.1) is 0 Å². The number of nitrogens with zero attached hydrogens (tertiary/aromatic N) is 1. The van der Waals surface area contributed by atoms with Gasteiger partial charge in [0.1, 0.15) is 6.61 Å². The van der Waals surface area contributed by atoms with Crippen LogP contribution in [0.3, 0.4) is 0 Å². The van der Waals surface area contributed by atoms with Crippen LogP contribution in [0.25, 0.3) is 0 Å². The Morgan fingerprint density at radius 1 is 0.569 bits per heavy atom. The molecule has 0 fully saturated rings. The number of allylic oxidation sites excluding steroid dienone is 4. The second kappa shape index (κ2) is 34.9. The van der Waals surface area contributed by atoms with Crippen LogP contribution in [0.4, 0.5) is 0 Å². The van der Waals surface area contributed by atoms with Crippen LogP contribution in [0.2, 0.25) is 0 Å². The average molecular weight is 723 g/mol. The summed E-state index contributed by atoms with van der Waals surface area (Å²) in [6.45, 7) is 4.63. The second-order valence-electron chi connectivity index (χ2n) is 15.2. The fourth-order valence-electron chi connectivity index (χ4n) is 6.04. The van der Waals surface area contributed by atoms with Crippen LogP contribution in [0.5, 0.6) is 0 Å². The van der Waals surface area contributed by atoms with E-state index in [2.05, 4.69) is 32.1 Å². The highest BCUT2D eigenvalue weighted by Gasteiger charge is 2.31. The molecule has 0 amide bonds. The first-order chi connectivity index (χ1) is 24.6. The summed E-state index contributed by atoms with van der Waals surface area (Å²) in [4.78, 5) is 36.7. The van der Waals surface area contributed by atoms with Gasteiger partial charge in [0.25, 0.3) is 0 Å². The fraction of sp³-hybridized carbons (Fsp3) is 0.837. The van der Waals surface area contributed by atoms with Crippen LogP contribution in [0.15, 0.2) is 24.3 Å². The van der Waals surface area contributed by atoms with Gasteiger partial charge in [-0.2, -0.15) is 0 Å². The van der Waals surface area contributed by atoms with Crippen molar-refractivity contribution in [3.05, 3.63) is 24.3 Å². The zero-order valence-electron chi connectivity index (χ0n) is 33.8. The SMILES string of the molecule is CCCCC/C=C/CCC(=O)OC(COCCC(C(=O)O)[N+](C)(C)C)COC(=O)CCCCCCCCC/C=C/CCCCCCCCCCC. The first-order valence-corrected chi connectivity index (χ1v) is 20.9. The van der Waals surface area contributed by atoms with Crippen LogP contribution in [0, 0.1) is 0 Å². The van der Waals surface area contributed by atoms with E-state index in [0.29, 0.717) is 19.3 Å². The molecule has 298 valence electrons. The number of carboxylic acids is 1. The Morgan fingerprint density at radius 2 is 1.02 bits per heavy atom. The van der Waals surface area contributed by atoms with E-state index < -0.39 is 18.1 Å². The maximum Gasteiger partial charge on any atom is 0.362 e. The average Bonchev–Trinajstić information content (AvgIpc) is 3.08. The number of esters is 2. The lowest BCUT2D eigenvalue weighted by molar-refractivity contribution is -0.887. The number of quaternary nitrogens is 1. The molecule has 0 saturated carbocycles. The van der Waals surface area contributed by atoms with E-state index in [0.717, 1.165) is 32.1 Å².